The van der Waals surface area contributed by atoms with Crippen LogP contribution in [0.25, 0.3) is 0 Å². The normalized spacial score (nSPS) is 18.9. The van der Waals surface area contributed by atoms with Gasteiger partial charge in [-0.15, -0.1) is 0 Å². The Morgan fingerprint density at radius 2 is 1.74 bits per heavy atom. The Hall–Kier alpha value is -2.61. The van der Waals surface area contributed by atoms with Crippen molar-refractivity contribution in [3.8, 4) is 0 Å². The zero-order chi connectivity index (χ0) is 21.3. The van der Waals surface area contributed by atoms with Crippen molar-refractivity contribution in [1.82, 2.24) is 19.6 Å². The van der Waals surface area contributed by atoms with E-state index < -0.39 is 10.0 Å². The number of aromatic nitrogens is 2. The van der Waals surface area contributed by atoms with E-state index >= 15 is 0 Å². The van der Waals surface area contributed by atoms with Crippen LogP contribution in [0.4, 0.5) is 0 Å². The van der Waals surface area contributed by atoms with Crippen LogP contribution in [0.2, 0.25) is 0 Å². The van der Waals surface area contributed by atoms with Gasteiger partial charge in [0.15, 0.2) is 0 Å². The monoisotopic (exact) mass is 434 g/mol. The molecule has 1 aliphatic carbocycles. The first-order valence-electron chi connectivity index (χ1n) is 10.8. The minimum atomic E-state index is -3.53. The lowest BCUT2D eigenvalue weighted by molar-refractivity contribution is 0.385. The van der Waals surface area contributed by atoms with Gasteiger partial charge in [0.2, 0.25) is 10.0 Å². The van der Waals surface area contributed by atoms with Gasteiger partial charge in [-0.05, 0) is 66.6 Å². The number of sulfonamides is 1. The average molecular weight is 435 g/mol. The number of nitrogens with zero attached hydrogens (tertiary/aromatic N) is 3. The molecule has 2 aliphatic rings. The van der Waals surface area contributed by atoms with E-state index in [1.807, 2.05) is 36.5 Å². The number of rotatable bonds is 5. The molecule has 0 radical (unpaired) electrons. The molecular weight excluding hydrogens is 408 g/mol. The van der Waals surface area contributed by atoms with Crippen LogP contribution in [0.3, 0.4) is 0 Å². The molecule has 2 aromatic heterocycles. The minimum absolute atomic E-state index is 0.245. The Bertz CT molecular complexity index is 1180. The number of pyridine rings is 2. The highest BCUT2D eigenvalue weighted by atomic mass is 32.2. The van der Waals surface area contributed by atoms with Crippen molar-refractivity contribution in [3.63, 3.8) is 0 Å². The SMILES string of the molecule is O=S(=O)(c1ccc(CNC2CCCc3cccnc32)cc1)N1CCc2cccnc2C1. The van der Waals surface area contributed by atoms with Gasteiger partial charge in [-0.1, -0.05) is 24.3 Å². The van der Waals surface area contributed by atoms with E-state index in [-0.39, 0.29) is 6.04 Å². The molecular formula is C24H26N4O2S. The van der Waals surface area contributed by atoms with E-state index in [9.17, 15) is 8.42 Å². The average Bonchev–Trinajstić information content (AvgIpc) is 2.82. The van der Waals surface area contributed by atoms with Crippen LogP contribution in [-0.2, 0) is 36.0 Å². The molecule has 5 rings (SSSR count). The van der Waals surface area contributed by atoms with Crippen LogP contribution >= 0.6 is 0 Å². The third-order valence-electron chi connectivity index (χ3n) is 6.25. The second-order valence-corrected chi connectivity index (χ2v) is 10.2. The fraction of sp³-hybridized carbons (Fsp3) is 0.333. The van der Waals surface area contributed by atoms with Gasteiger partial charge in [-0.25, -0.2) is 8.42 Å². The third kappa shape index (κ3) is 4.13. The standard InChI is InChI=1S/C24H26N4O2S/c29-31(30,28-15-12-19-5-2-13-25-23(19)17-28)21-10-8-18(9-11-21)16-27-22-7-1-4-20-6-3-14-26-24(20)22/h2-3,5-6,8-11,13-14,22,27H,1,4,7,12,15-17H2. The highest BCUT2D eigenvalue weighted by molar-refractivity contribution is 7.89. The third-order valence-corrected chi connectivity index (χ3v) is 8.11. The number of benzene rings is 1. The molecule has 31 heavy (non-hydrogen) atoms. The maximum Gasteiger partial charge on any atom is 0.243 e. The summed E-state index contributed by atoms with van der Waals surface area (Å²) < 4.78 is 27.8. The van der Waals surface area contributed by atoms with E-state index in [0.29, 0.717) is 31.0 Å². The zero-order valence-corrected chi connectivity index (χ0v) is 18.2. The van der Waals surface area contributed by atoms with Crippen molar-refractivity contribution in [2.75, 3.05) is 6.54 Å². The highest BCUT2D eigenvalue weighted by Crippen LogP contribution is 2.28. The van der Waals surface area contributed by atoms with E-state index in [2.05, 4.69) is 21.4 Å². The number of hydrogen-bond donors (Lipinski definition) is 1. The Kier molecular flexibility index (Phi) is 5.56. The summed E-state index contributed by atoms with van der Waals surface area (Å²) in [5, 5.41) is 3.60. The Morgan fingerprint density at radius 1 is 0.968 bits per heavy atom. The van der Waals surface area contributed by atoms with Crippen LogP contribution in [0.1, 0.15) is 47.0 Å². The van der Waals surface area contributed by atoms with Gasteiger partial charge in [0, 0.05) is 25.5 Å². The van der Waals surface area contributed by atoms with Gasteiger partial charge in [0.1, 0.15) is 0 Å². The molecule has 3 heterocycles. The molecule has 0 spiro atoms. The van der Waals surface area contributed by atoms with Gasteiger partial charge in [-0.2, -0.15) is 4.31 Å². The Balaban J connectivity index is 1.26. The van der Waals surface area contributed by atoms with E-state index in [1.165, 1.54) is 9.87 Å². The summed E-state index contributed by atoms with van der Waals surface area (Å²) in [5.74, 6) is 0. The molecule has 160 valence electrons. The molecule has 7 heteroatoms. The van der Waals surface area contributed by atoms with Crippen LogP contribution in [0.5, 0.6) is 0 Å². The summed E-state index contributed by atoms with van der Waals surface area (Å²) in [6, 6.07) is 15.6. The number of aryl methyl sites for hydroxylation is 1. The maximum atomic E-state index is 13.1. The molecule has 0 fully saturated rings. The summed E-state index contributed by atoms with van der Waals surface area (Å²) in [5.41, 5.74) is 5.51. The smallest absolute Gasteiger partial charge is 0.243 e. The van der Waals surface area contributed by atoms with Gasteiger partial charge in [-0.3, -0.25) is 9.97 Å². The highest BCUT2D eigenvalue weighted by Gasteiger charge is 2.29. The van der Waals surface area contributed by atoms with Gasteiger partial charge < -0.3 is 5.32 Å². The van der Waals surface area contributed by atoms with Crippen LogP contribution < -0.4 is 5.32 Å². The molecule has 1 N–H and O–H groups in total. The molecule has 0 amide bonds. The van der Waals surface area contributed by atoms with Crippen LogP contribution in [0, 0.1) is 0 Å². The fourth-order valence-electron chi connectivity index (χ4n) is 4.52. The Labute approximate surface area is 183 Å². The van der Waals surface area contributed by atoms with Crippen LogP contribution in [-0.4, -0.2) is 29.2 Å². The molecule has 1 aliphatic heterocycles. The summed E-state index contributed by atoms with van der Waals surface area (Å²) in [6.45, 7) is 1.50. The topological polar surface area (TPSA) is 75.2 Å². The molecule has 1 atom stereocenters. The number of nitrogens with one attached hydrogen (secondary N) is 1. The number of hydrogen-bond acceptors (Lipinski definition) is 5. The van der Waals surface area contributed by atoms with Crippen LogP contribution in [0.15, 0.2) is 65.8 Å². The second-order valence-electron chi connectivity index (χ2n) is 8.22. The number of fused-ring (bicyclic) bond motifs is 2. The second kappa shape index (κ2) is 8.49. The quantitative estimate of drug-likeness (QED) is 0.666. The van der Waals surface area contributed by atoms with Gasteiger partial charge in [0.05, 0.1) is 28.9 Å². The van der Waals surface area contributed by atoms with Crippen molar-refractivity contribution in [2.45, 2.75) is 49.7 Å². The lowest BCUT2D eigenvalue weighted by Gasteiger charge is -2.27. The maximum absolute atomic E-state index is 13.1. The van der Waals surface area contributed by atoms with E-state index in [0.717, 1.165) is 41.8 Å². The summed E-state index contributed by atoms with van der Waals surface area (Å²) >= 11 is 0. The van der Waals surface area contributed by atoms with E-state index in [4.69, 9.17) is 0 Å². The van der Waals surface area contributed by atoms with Crippen molar-refractivity contribution in [3.05, 3.63) is 89.0 Å². The molecule has 1 unspecified atom stereocenters. The lowest BCUT2D eigenvalue weighted by atomic mass is 9.92. The van der Waals surface area contributed by atoms with Crippen molar-refractivity contribution < 1.29 is 8.42 Å². The zero-order valence-electron chi connectivity index (χ0n) is 17.4. The predicted octanol–water partition coefficient (Wildman–Crippen LogP) is 3.39. The molecule has 0 saturated heterocycles. The van der Waals surface area contributed by atoms with Crippen molar-refractivity contribution in [2.24, 2.45) is 0 Å². The van der Waals surface area contributed by atoms with Gasteiger partial charge >= 0.3 is 0 Å². The first-order valence-corrected chi connectivity index (χ1v) is 12.2. The minimum Gasteiger partial charge on any atom is -0.305 e. The summed E-state index contributed by atoms with van der Waals surface area (Å²) in [7, 11) is -3.53. The molecule has 0 bridgehead atoms. The van der Waals surface area contributed by atoms with Gasteiger partial charge in [0.25, 0.3) is 0 Å². The molecule has 0 saturated carbocycles. The Morgan fingerprint density at radius 3 is 2.58 bits per heavy atom. The molecule has 1 aromatic carbocycles. The largest absolute Gasteiger partial charge is 0.305 e. The van der Waals surface area contributed by atoms with Crippen molar-refractivity contribution >= 4 is 10.0 Å². The van der Waals surface area contributed by atoms with Crippen molar-refractivity contribution in [1.29, 1.82) is 0 Å². The lowest BCUT2D eigenvalue weighted by Crippen LogP contribution is -2.36. The molecule has 6 nitrogen and oxygen atoms in total. The predicted molar refractivity (Wildman–Crippen MR) is 119 cm³/mol. The first kappa shape index (κ1) is 20.3. The van der Waals surface area contributed by atoms with E-state index in [1.54, 1.807) is 18.3 Å². The molecule has 3 aromatic rings. The summed E-state index contributed by atoms with van der Waals surface area (Å²) in [6.07, 6.45) is 7.58. The first-order chi connectivity index (χ1) is 15.1. The fourth-order valence-corrected chi connectivity index (χ4v) is 5.92. The summed E-state index contributed by atoms with van der Waals surface area (Å²) in [4.78, 5) is 9.26.